The van der Waals surface area contributed by atoms with Gasteiger partial charge < -0.3 is 10.5 Å². The summed E-state index contributed by atoms with van der Waals surface area (Å²) in [6.07, 6.45) is 3.55. The molecule has 0 fully saturated rings. The molecule has 0 saturated carbocycles. The molecule has 1 unspecified atom stereocenters. The van der Waals surface area contributed by atoms with Gasteiger partial charge in [-0.05, 0) is 25.5 Å². The fraction of sp³-hybridized carbons (Fsp3) is 0.429. The molecule has 0 radical (unpaired) electrons. The van der Waals surface area contributed by atoms with Gasteiger partial charge in [-0.15, -0.1) is 0 Å². The summed E-state index contributed by atoms with van der Waals surface area (Å²) in [5, 5.41) is 0. The van der Waals surface area contributed by atoms with Crippen molar-refractivity contribution in [3.05, 3.63) is 23.6 Å². The minimum Gasteiger partial charge on any atom is -0.494 e. The van der Waals surface area contributed by atoms with E-state index in [1.54, 1.807) is 12.3 Å². The quantitative estimate of drug-likeness (QED) is 0.527. The summed E-state index contributed by atoms with van der Waals surface area (Å²) in [5.41, 5.74) is 7.52. The van der Waals surface area contributed by atoms with Crippen LogP contribution >= 0.6 is 0 Å². The summed E-state index contributed by atoms with van der Waals surface area (Å²) in [6.45, 7) is 3.95. The van der Waals surface area contributed by atoms with E-state index >= 15 is 0 Å². The van der Waals surface area contributed by atoms with Gasteiger partial charge in [-0.2, -0.15) is 0 Å². The Kier molecular flexibility index (Phi) is 1.47. The lowest BCUT2D eigenvalue weighted by molar-refractivity contribution is 0.187. The van der Waals surface area contributed by atoms with Crippen LogP contribution in [0, 0.1) is 0 Å². The second-order valence-corrected chi connectivity index (χ2v) is 2.22. The maximum Gasteiger partial charge on any atom is 0.118 e. The molecule has 0 aliphatic carbocycles. The highest BCUT2D eigenvalue weighted by molar-refractivity contribution is 5.25. The van der Waals surface area contributed by atoms with Crippen molar-refractivity contribution in [2.45, 2.75) is 20.0 Å². The predicted molar refractivity (Wildman–Crippen MR) is 36.6 cm³/mol. The molecular formula is C7H11NO. The lowest BCUT2D eigenvalue weighted by Crippen LogP contribution is -2.14. The molecule has 0 aromatic carbocycles. The van der Waals surface area contributed by atoms with Crippen LogP contribution in [0.2, 0.25) is 0 Å². The zero-order valence-electron chi connectivity index (χ0n) is 5.72. The van der Waals surface area contributed by atoms with E-state index in [0.717, 1.165) is 11.3 Å². The molecule has 2 N–H and O–H groups in total. The van der Waals surface area contributed by atoms with E-state index in [2.05, 4.69) is 0 Å². The van der Waals surface area contributed by atoms with E-state index in [1.807, 2.05) is 13.8 Å². The molecule has 1 heterocycles. The first kappa shape index (κ1) is 6.20. The largest absolute Gasteiger partial charge is 0.494 e. The van der Waals surface area contributed by atoms with Gasteiger partial charge in [0, 0.05) is 5.70 Å². The number of hydrogen-bond donors (Lipinski definition) is 1. The minimum absolute atomic E-state index is 0.148. The fourth-order valence-corrected chi connectivity index (χ4v) is 0.699. The van der Waals surface area contributed by atoms with Gasteiger partial charge >= 0.3 is 0 Å². The topological polar surface area (TPSA) is 35.2 Å². The normalized spacial score (nSPS) is 26.2. The van der Waals surface area contributed by atoms with Crippen LogP contribution in [0.1, 0.15) is 13.8 Å². The van der Waals surface area contributed by atoms with E-state index in [0.29, 0.717) is 0 Å². The average molecular weight is 125 g/mol. The molecule has 2 nitrogen and oxygen atoms in total. The van der Waals surface area contributed by atoms with Crippen LogP contribution in [0.4, 0.5) is 0 Å². The van der Waals surface area contributed by atoms with Crippen molar-refractivity contribution in [2.24, 2.45) is 5.73 Å². The number of allylic oxidation sites excluding steroid dienone is 1. The Hall–Kier alpha value is -0.920. The summed E-state index contributed by atoms with van der Waals surface area (Å²) >= 11 is 0. The van der Waals surface area contributed by atoms with Crippen molar-refractivity contribution in [2.75, 3.05) is 0 Å². The maximum absolute atomic E-state index is 5.58. The van der Waals surface area contributed by atoms with Crippen LogP contribution in [0.15, 0.2) is 23.6 Å². The van der Waals surface area contributed by atoms with Crippen molar-refractivity contribution in [3.63, 3.8) is 0 Å². The third-order valence-corrected chi connectivity index (χ3v) is 1.60. The number of nitrogens with two attached hydrogens (primary N) is 1. The molecule has 1 aliphatic heterocycles. The Balaban J connectivity index is 2.83. The molecule has 0 bridgehead atoms. The third-order valence-electron chi connectivity index (χ3n) is 1.60. The molecule has 2 heteroatoms. The Morgan fingerprint density at radius 2 is 2.33 bits per heavy atom. The SMILES string of the molecule is CC1=C(N)C=COC1C. The van der Waals surface area contributed by atoms with E-state index in [-0.39, 0.29) is 6.10 Å². The monoisotopic (exact) mass is 125 g/mol. The second-order valence-electron chi connectivity index (χ2n) is 2.22. The molecule has 1 aliphatic rings. The van der Waals surface area contributed by atoms with Crippen LogP contribution in [-0.2, 0) is 4.74 Å². The number of hydrogen-bond acceptors (Lipinski definition) is 2. The van der Waals surface area contributed by atoms with Gasteiger partial charge in [-0.1, -0.05) is 0 Å². The summed E-state index contributed by atoms with van der Waals surface area (Å²) in [5.74, 6) is 0. The highest BCUT2D eigenvalue weighted by Crippen LogP contribution is 2.13. The molecule has 0 spiro atoms. The molecule has 0 amide bonds. The summed E-state index contributed by atoms with van der Waals surface area (Å²) in [7, 11) is 0. The molecule has 1 rings (SSSR count). The lowest BCUT2D eigenvalue weighted by atomic mass is 10.1. The Morgan fingerprint density at radius 1 is 1.67 bits per heavy atom. The Morgan fingerprint density at radius 3 is 2.78 bits per heavy atom. The molecule has 1 atom stereocenters. The average Bonchev–Trinajstić information content (AvgIpc) is 1.83. The van der Waals surface area contributed by atoms with Gasteiger partial charge in [0.1, 0.15) is 6.10 Å². The van der Waals surface area contributed by atoms with Crippen LogP contribution in [0.25, 0.3) is 0 Å². The minimum atomic E-state index is 0.148. The van der Waals surface area contributed by atoms with Gasteiger partial charge in [0.25, 0.3) is 0 Å². The smallest absolute Gasteiger partial charge is 0.118 e. The van der Waals surface area contributed by atoms with Gasteiger partial charge in [-0.3, -0.25) is 0 Å². The van der Waals surface area contributed by atoms with E-state index < -0.39 is 0 Å². The number of ether oxygens (including phenoxy) is 1. The first-order valence-corrected chi connectivity index (χ1v) is 3.00. The summed E-state index contributed by atoms with van der Waals surface area (Å²) in [6, 6.07) is 0. The van der Waals surface area contributed by atoms with Crippen molar-refractivity contribution >= 4 is 0 Å². The summed E-state index contributed by atoms with van der Waals surface area (Å²) < 4.78 is 5.14. The van der Waals surface area contributed by atoms with Crippen LogP contribution in [0.3, 0.4) is 0 Å². The maximum atomic E-state index is 5.58. The van der Waals surface area contributed by atoms with Gasteiger partial charge in [0.15, 0.2) is 0 Å². The predicted octanol–water partition coefficient (Wildman–Crippen LogP) is 1.15. The van der Waals surface area contributed by atoms with Gasteiger partial charge in [0.05, 0.1) is 6.26 Å². The Bertz CT molecular complexity index is 170. The molecule has 0 aromatic heterocycles. The van der Waals surface area contributed by atoms with Gasteiger partial charge in [-0.25, -0.2) is 0 Å². The molecule has 0 aromatic rings. The van der Waals surface area contributed by atoms with Crippen molar-refractivity contribution in [1.82, 2.24) is 0 Å². The van der Waals surface area contributed by atoms with E-state index in [4.69, 9.17) is 10.5 Å². The zero-order chi connectivity index (χ0) is 6.85. The van der Waals surface area contributed by atoms with Crippen molar-refractivity contribution in [1.29, 1.82) is 0 Å². The first-order valence-electron chi connectivity index (χ1n) is 3.00. The Labute approximate surface area is 55.0 Å². The van der Waals surface area contributed by atoms with Crippen LogP contribution in [-0.4, -0.2) is 6.10 Å². The van der Waals surface area contributed by atoms with Gasteiger partial charge in [0.2, 0.25) is 0 Å². The number of rotatable bonds is 0. The highest BCUT2D eigenvalue weighted by Gasteiger charge is 2.09. The molecule has 50 valence electrons. The zero-order valence-corrected chi connectivity index (χ0v) is 5.72. The highest BCUT2D eigenvalue weighted by atomic mass is 16.5. The van der Waals surface area contributed by atoms with Crippen LogP contribution < -0.4 is 5.73 Å². The van der Waals surface area contributed by atoms with Crippen LogP contribution in [0.5, 0.6) is 0 Å². The molecular weight excluding hydrogens is 114 g/mol. The lowest BCUT2D eigenvalue weighted by Gasteiger charge is -2.17. The summed E-state index contributed by atoms with van der Waals surface area (Å²) in [4.78, 5) is 0. The standard InChI is InChI=1S/C7H11NO/c1-5-6(2)9-4-3-7(5)8/h3-4,6H,8H2,1-2H3. The first-order chi connectivity index (χ1) is 4.22. The second kappa shape index (κ2) is 2.13. The molecule has 9 heavy (non-hydrogen) atoms. The van der Waals surface area contributed by atoms with E-state index in [1.165, 1.54) is 0 Å². The van der Waals surface area contributed by atoms with E-state index in [9.17, 15) is 0 Å². The third kappa shape index (κ3) is 1.07. The fourth-order valence-electron chi connectivity index (χ4n) is 0.699. The molecule has 0 saturated heterocycles. The van der Waals surface area contributed by atoms with Crippen molar-refractivity contribution in [3.8, 4) is 0 Å². The van der Waals surface area contributed by atoms with Crippen molar-refractivity contribution < 1.29 is 4.74 Å².